The van der Waals surface area contributed by atoms with Gasteiger partial charge in [0.2, 0.25) is 0 Å². The number of hydrogen-bond acceptors (Lipinski definition) is 5. The molecule has 3 aromatic rings. The number of nitrogen functional groups attached to an aromatic ring is 1. The Labute approximate surface area is 137 Å². The van der Waals surface area contributed by atoms with Crippen molar-refractivity contribution in [2.45, 2.75) is 19.4 Å². The summed E-state index contributed by atoms with van der Waals surface area (Å²) in [7, 11) is 0. The molecule has 1 saturated carbocycles. The first kappa shape index (κ1) is 14.1. The van der Waals surface area contributed by atoms with Crippen molar-refractivity contribution in [2.75, 3.05) is 5.73 Å². The lowest BCUT2D eigenvalue weighted by atomic mass is 10.1. The van der Waals surface area contributed by atoms with Crippen LogP contribution in [0.1, 0.15) is 12.8 Å². The molecular weight excluding hydrogens is 308 g/mol. The van der Waals surface area contributed by atoms with Gasteiger partial charge >= 0.3 is 0 Å². The van der Waals surface area contributed by atoms with Crippen LogP contribution in [0.4, 0.5) is 5.13 Å². The molecular formula is C17H16N4OS. The number of rotatable bonds is 4. The van der Waals surface area contributed by atoms with Gasteiger partial charge in [-0.05, 0) is 24.8 Å². The molecule has 0 unspecified atom stereocenters. The predicted octanol–water partition coefficient (Wildman–Crippen LogP) is 3.03. The van der Waals surface area contributed by atoms with Gasteiger partial charge in [0.05, 0.1) is 10.6 Å². The van der Waals surface area contributed by atoms with Crippen LogP contribution in [0, 0.1) is 5.92 Å². The molecule has 0 bridgehead atoms. The van der Waals surface area contributed by atoms with Gasteiger partial charge in [-0.25, -0.2) is 9.67 Å². The fourth-order valence-corrected chi connectivity index (χ4v) is 3.37. The molecule has 1 fully saturated rings. The van der Waals surface area contributed by atoms with Gasteiger partial charge in [0, 0.05) is 18.2 Å². The Balaban J connectivity index is 1.80. The van der Waals surface area contributed by atoms with Crippen LogP contribution >= 0.6 is 11.3 Å². The van der Waals surface area contributed by atoms with Crippen LogP contribution in [-0.4, -0.2) is 14.8 Å². The first-order valence-corrected chi connectivity index (χ1v) is 8.42. The fraction of sp³-hybridized carbons (Fsp3) is 0.235. The minimum absolute atomic E-state index is 0.0561. The number of anilines is 1. The number of aromatic nitrogens is 3. The first-order valence-electron chi connectivity index (χ1n) is 7.61. The molecule has 1 aliphatic carbocycles. The molecule has 2 heterocycles. The third-order valence-corrected chi connectivity index (χ3v) is 4.83. The van der Waals surface area contributed by atoms with E-state index in [2.05, 4.69) is 10.1 Å². The highest BCUT2D eigenvalue weighted by Gasteiger charge is 2.23. The van der Waals surface area contributed by atoms with Crippen LogP contribution in [0.15, 0.2) is 47.3 Å². The molecule has 0 spiro atoms. The monoisotopic (exact) mass is 324 g/mol. The minimum Gasteiger partial charge on any atom is -0.375 e. The summed E-state index contributed by atoms with van der Waals surface area (Å²) < 4.78 is 1.57. The van der Waals surface area contributed by atoms with Crippen LogP contribution in [0.5, 0.6) is 0 Å². The molecule has 23 heavy (non-hydrogen) atoms. The van der Waals surface area contributed by atoms with E-state index in [-0.39, 0.29) is 5.56 Å². The average Bonchev–Trinajstić information content (AvgIpc) is 3.30. The van der Waals surface area contributed by atoms with Crippen LogP contribution in [0.2, 0.25) is 0 Å². The molecule has 116 valence electrons. The second-order valence-corrected chi connectivity index (χ2v) is 6.81. The number of nitrogens with zero attached hydrogens (tertiary/aromatic N) is 3. The SMILES string of the molecule is Nc1nc(-c2ccccc2)c(-c2ccc(=O)n(CC3CC3)n2)s1. The summed E-state index contributed by atoms with van der Waals surface area (Å²) in [6.07, 6.45) is 2.36. The third-order valence-electron chi connectivity index (χ3n) is 3.92. The molecule has 5 nitrogen and oxygen atoms in total. The summed E-state index contributed by atoms with van der Waals surface area (Å²) in [5.74, 6) is 0.593. The highest BCUT2D eigenvalue weighted by atomic mass is 32.1. The van der Waals surface area contributed by atoms with Crippen molar-refractivity contribution in [1.29, 1.82) is 0 Å². The van der Waals surface area contributed by atoms with E-state index in [0.29, 0.717) is 17.6 Å². The number of thiazole rings is 1. The van der Waals surface area contributed by atoms with Crippen LogP contribution in [0.25, 0.3) is 21.8 Å². The van der Waals surface area contributed by atoms with Crippen molar-refractivity contribution in [3.63, 3.8) is 0 Å². The lowest BCUT2D eigenvalue weighted by Gasteiger charge is -2.06. The van der Waals surface area contributed by atoms with Gasteiger partial charge < -0.3 is 5.73 Å². The van der Waals surface area contributed by atoms with E-state index in [0.717, 1.165) is 21.8 Å². The summed E-state index contributed by atoms with van der Waals surface area (Å²) in [4.78, 5) is 17.3. The Morgan fingerprint density at radius 1 is 1.17 bits per heavy atom. The molecule has 0 aliphatic heterocycles. The number of nitrogens with two attached hydrogens (primary N) is 1. The normalized spacial score (nSPS) is 14.1. The molecule has 2 aromatic heterocycles. The van der Waals surface area contributed by atoms with Crippen molar-refractivity contribution in [3.8, 4) is 21.8 Å². The van der Waals surface area contributed by atoms with E-state index in [1.54, 1.807) is 16.8 Å². The van der Waals surface area contributed by atoms with E-state index < -0.39 is 0 Å². The average molecular weight is 324 g/mol. The highest BCUT2D eigenvalue weighted by molar-refractivity contribution is 7.19. The second-order valence-electron chi connectivity index (χ2n) is 5.78. The standard InChI is InChI=1S/C17H16N4OS/c18-17-19-15(12-4-2-1-3-5-12)16(23-17)13-8-9-14(22)21(20-13)10-11-6-7-11/h1-5,8-9,11H,6-7,10H2,(H2,18,19). The first-order chi connectivity index (χ1) is 11.2. The molecule has 1 aromatic carbocycles. The van der Waals surface area contributed by atoms with Crippen molar-refractivity contribution in [3.05, 3.63) is 52.8 Å². The molecule has 0 amide bonds. The Morgan fingerprint density at radius 2 is 1.96 bits per heavy atom. The largest absolute Gasteiger partial charge is 0.375 e. The summed E-state index contributed by atoms with van der Waals surface area (Å²) in [5.41, 5.74) is 8.43. The van der Waals surface area contributed by atoms with Gasteiger partial charge in [-0.2, -0.15) is 5.10 Å². The van der Waals surface area contributed by atoms with Gasteiger partial charge in [0.1, 0.15) is 5.69 Å². The fourth-order valence-electron chi connectivity index (χ4n) is 2.55. The van der Waals surface area contributed by atoms with E-state index in [9.17, 15) is 4.79 Å². The molecule has 0 saturated heterocycles. The maximum absolute atomic E-state index is 12.0. The van der Waals surface area contributed by atoms with E-state index >= 15 is 0 Å². The quantitative estimate of drug-likeness (QED) is 0.800. The molecule has 0 radical (unpaired) electrons. The van der Waals surface area contributed by atoms with Crippen molar-refractivity contribution in [2.24, 2.45) is 5.92 Å². The summed E-state index contributed by atoms with van der Waals surface area (Å²) in [6.45, 7) is 0.696. The van der Waals surface area contributed by atoms with E-state index in [4.69, 9.17) is 5.73 Å². The lowest BCUT2D eigenvalue weighted by Crippen LogP contribution is -2.23. The summed E-state index contributed by atoms with van der Waals surface area (Å²) in [6, 6.07) is 13.2. The Hall–Kier alpha value is -2.47. The number of benzene rings is 1. The smallest absolute Gasteiger partial charge is 0.266 e. The second kappa shape index (κ2) is 5.62. The van der Waals surface area contributed by atoms with Gasteiger partial charge in [0.15, 0.2) is 5.13 Å². The van der Waals surface area contributed by atoms with Gasteiger partial charge in [-0.1, -0.05) is 41.7 Å². The Kier molecular flexibility index (Phi) is 3.46. The van der Waals surface area contributed by atoms with Crippen molar-refractivity contribution in [1.82, 2.24) is 14.8 Å². The topological polar surface area (TPSA) is 73.8 Å². The van der Waals surface area contributed by atoms with Gasteiger partial charge in [-0.15, -0.1) is 0 Å². The van der Waals surface area contributed by atoms with Gasteiger partial charge in [-0.3, -0.25) is 4.79 Å². The van der Waals surface area contributed by atoms with Crippen LogP contribution in [0.3, 0.4) is 0 Å². The third kappa shape index (κ3) is 2.90. The zero-order valence-corrected chi connectivity index (χ0v) is 13.3. The van der Waals surface area contributed by atoms with Crippen LogP contribution in [-0.2, 0) is 6.54 Å². The highest BCUT2D eigenvalue weighted by Crippen LogP contribution is 2.36. The maximum atomic E-state index is 12.0. The molecule has 6 heteroatoms. The molecule has 4 rings (SSSR count). The van der Waals surface area contributed by atoms with Crippen LogP contribution < -0.4 is 11.3 Å². The van der Waals surface area contributed by atoms with Crippen molar-refractivity contribution >= 4 is 16.5 Å². The van der Waals surface area contributed by atoms with Gasteiger partial charge in [0.25, 0.3) is 5.56 Å². The Morgan fingerprint density at radius 3 is 2.70 bits per heavy atom. The minimum atomic E-state index is -0.0561. The van der Waals surface area contributed by atoms with Crippen molar-refractivity contribution < 1.29 is 0 Å². The summed E-state index contributed by atoms with van der Waals surface area (Å²) in [5, 5.41) is 5.04. The summed E-state index contributed by atoms with van der Waals surface area (Å²) >= 11 is 1.40. The zero-order valence-electron chi connectivity index (χ0n) is 12.5. The number of hydrogen-bond donors (Lipinski definition) is 1. The van der Waals surface area contributed by atoms with E-state index in [1.165, 1.54) is 24.2 Å². The molecule has 0 atom stereocenters. The lowest BCUT2D eigenvalue weighted by molar-refractivity contribution is 0.536. The predicted molar refractivity (Wildman–Crippen MR) is 92.2 cm³/mol. The molecule has 1 aliphatic rings. The zero-order chi connectivity index (χ0) is 15.8. The van der Waals surface area contributed by atoms with E-state index in [1.807, 2.05) is 30.3 Å². The Bertz CT molecular complexity index is 896. The molecule has 2 N–H and O–H groups in total. The maximum Gasteiger partial charge on any atom is 0.266 e.